The van der Waals surface area contributed by atoms with Gasteiger partial charge in [0.2, 0.25) is 10.0 Å². The smallest absolute Gasteiger partial charge is 0.209 e. The summed E-state index contributed by atoms with van der Waals surface area (Å²) in [5, 5.41) is 5.11. The largest absolute Gasteiger partial charge is 0.488 e. The van der Waals surface area contributed by atoms with E-state index in [1.165, 1.54) is 18.2 Å². The molecule has 18 heavy (non-hydrogen) atoms. The maximum absolute atomic E-state index is 13.4. The molecule has 102 valence electrons. The lowest BCUT2D eigenvalue weighted by molar-refractivity contribution is 0.193. The Morgan fingerprint density at radius 2 is 2.06 bits per heavy atom. The van der Waals surface area contributed by atoms with Gasteiger partial charge in [-0.25, -0.2) is 17.9 Å². The van der Waals surface area contributed by atoms with Crippen molar-refractivity contribution in [3.05, 3.63) is 29.0 Å². The van der Waals surface area contributed by atoms with E-state index in [1.807, 2.05) is 0 Å². The number of hydrogen-bond acceptors (Lipinski definition) is 3. The van der Waals surface area contributed by atoms with Crippen LogP contribution in [-0.4, -0.2) is 20.8 Å². The van der Waals surface area contributed by atoms with Crippen molar-refractivity contribution in [1.82, 2.24) is 0 Å². The van der Waals surface area contributed by atoms with Crippen molar-refractivity contribution in [1.29, 1.82) is 0 Å². The molecule has 0 amide bonds. The van der Waals surface area contributed by atoms with Gasteiger partial charge in [-0.3, -0.25) is 0 Å². The highest BCUT2D eigenvalue weighted by molar-refractivity contribution is 7.89. The zero-order valence-corrected chi connectivity index (χ0v) is 11.7. The molecule has 0 bridgehead atoms. The van der Waals surface area contributed by atoms with E-state index in [-0.39, 0.29) is 23.1 Å². The third kappa shape index (κ3) is 4.80. The van der Waals surface area contributed by atoms with E-state index in [9.17, 15) is 12.8 Å². The maximum Gasteiger partial charge on any atom is 0.209 e. The van der Waals surface area contributed by atoms with Crippen molar-refractivity contribution < 1.29 is 17.5 Å². The molecule has 0 atom stereocenters. The number of ether oxygens (including phenoxy) is 1. The van der Waals surface area contributed by atoms with Gasteiger partial charge in [0.05, 0.1) is 17.4 Å². The van der Waals surface area contributed by atoms with E-state index in [0.29, 0.717) is 0 Å². The molecule has 1 aromatic rings. The number of halogens is 2. The third-order valence-electron chi connectivity index (χ3n) is 2.12. The Labute approximate surface area is 111 Å². The van der Waals surface area contributed by atoms with Gasteiger partial charge in [-0.2, -0.15) is 0 Å². The fraction of sp³-hybridized carbons (Fsp3) is 0.455. The highest BCUT2D eigenvalue weighted by atomic mass is 35.5. The molecule has 0 radical (unpaired) electrons. The lowest BCUT2D eigenvalue weighted by atomic mass is 9.98. The number of rotatable bonds is 5. The highest BCUT2D eigenvalue weighted by Crippen LogP contribution is 2.29. The maximum atomic E-state index is 13.4. The summed E-state index contributed by atoms with van der Waals surface area (Å²) in [6.45, 7) is 3.31. The van der Waals surface area contributed by atoms with Gasteiger partial charge in [0, 0.05) is 5.41 Å². The summed E-state index contributed by atoms with van der Waals surface area (Å²) >= 11 is 5.78. The Bertz CT molecular complexity index is 511. The van der Waals surface area contributed by atoms with Crippen LogP contribution in [0.5, 0.6) is 5.75 Å². The topological polar surface area (TPSA) is 69.4 Å². The van der Waals surface area contributed by atoms with Crippen LogP contribution in [0.25, 0.3) is 0 Å². The molecule has 0 heterocycles. The van der Waals surface area contributed by atoms with Crippen molar-refractivity contribution in [3.63, 3.8) is 0 Å². The van der Waals surface area contributed by atoms with Crippen LogP contribution in [0.3, 0.4) is 0 Å². The summed E-state index contributed by atoms with van der Waals surface area (Å²) in [5.41, 5.74) is -0.737. The fourth-order valence-corrected chi connectivity index (χ4v) is 2.86. The van der Waals surface area contributed by atoms with Crippen LogP contribution in [0.4, 0.5) is 4.39 Å². The Balaban J connectivity index is 2.76. The van der Waals surface area contributed by atoms with E-state index in [0.717, 1.165) is 0 Å². The van der Waals surface area contributed by atoms with Crippen LogP contribution in [0, 0.1) is 11.2 Å². The quantitative estimate of drug-likeness (QED) is 0.905. The predicted octanol–water partition coefficient (Wildman–Crippen LogP) is 2.17. The number of primary sulfonamides is 1. The van der Waals surface area contributed by atoms with E-state index in [4.69, 9.17) is 21.5 Å². The van der Waals surface area contributed by atoms with E-state index < -0.39 is 21.3 Å². The molecule has 7 heteroatoms. The second-order valence-electron chi connectivity index (χ2n) is 4.81. The SMILES string of the molecule is CC(C)(COc1c(F)cccc1Cl)CS(N)(=O)=O. The zero-order valence-electron chi connectivity index (χ0n) is 10.1. The molecule has 0 aliphatic carbocycles. The van der Waals surface area contributed by atoms with Crippen molar-refractivity contribution >= 4 is 21.6 Å². The van der Waals surface area contributed by atoms with E-state index in [1.54, 1.807) is 13.8 Å². The summed E-state index contributed by atoms with van der Waals surface area (Å²) in [5.74, 6) is -0.929. The molecule has 0 unspecified atom stereocenters. The van der Waals surface area contributed by atoms with Crippen molar-refractivity contribution in [2.24, 2.45) is 10.6 Å². The molecule has 2 N–H and O–H groups in total. The van der Waals surface area contributed by atoms with Gasteiger partial charge in [-0.1, -0.05) is 31.5 Å². The standard InChI is InChI=1S/C11H15ClFNO3S/c1-11(2,7-18(14,15)16)6-17-10-8(12)4-3-5-9(10)13/h3-5H,6-7H2,1-2H3,(H2,14,15,16). The second-order valence-corrected chi connectivity index (χ2v) is 6.83. The lowest BCUT2D eigenvalue weighted by Crippen LogP contribution is -2.33. The number of para-hydroxylation sites is 1. The molecule has 0 saturated carbocycles. The third-order valence-corrected chi connectivity index (χ3v) is 3.60. The second kappa shape index (κ2) is 5.42. The van der Waals surface area contributed by atoms with Crippen LogP contribution >= 0.6 is 11.6 Å². The summed E-state index contributed by atoms with van der Waals surface area (Å²) < 4.78 is 40.7. The van der Waals surface area contributed by atoms with Crippen molar-refractivity contribution in [2.45, 2.75) is 13.8 Å². The molecule has 0 aromatic heterocycles. The number of hydrogen-bond donors (Lipinski definition) is 1. The fourth-order valence-electron chi connectivity index (χ4n) is 1.47. The lowest BCUT2D eigenvalue weighted by Gasteiger charge is -2.23. The number of benzene rings is 1. The van der Waals surface area contributed by atoms with Crippen molar-refractivity contribution in [2.75, 3.05) is 12.4 Å². The van der Waals surface area contributed by atoms with Crippen LogP contribution in [0.1, 0.15) is 13.8 Å². The monoisotopic (exact) mass is 295 g/mol. The molecule has 1 aromatic carbocycles. The minimum absolute atomic E-state index is 0.00984. The van der Waals surface area contributed by atoms with Crippen LogP contribution in [-0.2, 0) is 10.0 Å². The first-order valence-electron chi connectivity index (χ1n) is 5.18. The molecule has 0 aliphatic heterocycles. The first-order valence-corrected chi connectivity index (χ1v) is 7.27. The van der Waals surface area contributed by atoms with E-state index in [2.05, 4.69) is 0 Å². The van der Waals surface area contributed by atoms with Gasteiger partial charge in [-0.15, -0.1) is 0 Å². The normalized spacial score (nSPS) is 12.5. The summed E-state index contributed by atoms with van der Waals surface area (Å²) in [7, 11) is -3.61. The molecule has 0 fully saturated rings. The highest BCUT2D eigenvalue weighted by Gasteiger charge is 2.25. The predicted molar refractivity (Wildman–Crippen MR) is 68.7 cm³/mol. The first kappa shape index (κ1) is 15.2. The number of nitrogens with two attached hydrogens (primary N) is 1. The van der Waals surface area contributed by atoms with Crippen LogP contribution in [0.15, 0.2) is 18.2 Å². The average Bonchev–Trinajstić information content (AvgIpc) is 2.12. The van der Waals surface area contributed by atoms with Gasteiger partial charge in [0.25, 0.3) is 0 Å². The Morgan fingerprint density at radius 3 is 2.56 bits per heavy atom. The van der Waals surface area contributed by atoms with Gasteiger partial charge >= 0.3 is 0 Å². The molecule has 0 spiro atoms. The van der Waals surface area contributed by atoms with Gasteiger partial charge in [0.1, 0.15) is 0 Å². The molecule has 0 aliphatic rings. The molecular formula is C11H15ClFNO3S. The van der Waals surface area contributed by atoms with Crippen LogP contribution in [0.2, 0.25) is 5.02 Å². The average molecular weight is 296 g/mol. The summed E-state index contributed by atoms with van der Waals surface area (Å²) in [4.78, 5) is 0. The molecular weight excluding hydrogens is 281 g/mol. The van der Waals surface area contributed by atoms with Gasteiger partial charge < -0.3 is 4.74 Å². The van der Waals surface area contributed by atoms with Crippen molar-refractivity contribution in [3.8, 4) is 5.75 Å². The Morgan fingerprint density at radius 1 is 1.44 bits per heavy atom. The summed E-state index contributed by atoms with van der Waals surface area (Å²) in [6, 6.07) is 4.17. The minimum Gasteiger partial charge on any atom is -0.488 e. The Hall–Kier alpha value is -0.850. The van der Waals surface area contributed by atoms with Crippen LogP contribution < -0.4 is 9.88 Å². The minimum atomic E-state index is -3.61. The first-order chi connectivity index (χ1) is 8.11. The van der Waals surface area contributed by atoms with Gasteiger partial charge in [-0.05, 0) is 12.1 Å². The van der Waals surface area contributed by atoms with Gasteiger partial charge in [0.15, 0.2) is 11.6 Å². The van der Waals surface area contributed by atoms with E-state index >= 15 is 0 Å². The zero-order chi connectivity index (χ0) is 14.0. The molecule has 0 saturated heterocycles. The summed E-state index contributed by atoms with van der Waals surface area (Å²) in [6.07, 6.45) is 0. The Kier molecular flexibility index (Phi) is 4.58. The molecule has 1 rings (SSSR count). The molecule has 4 nitrogen and oxygen atoms in total. The number of sulfonamides is 1.